The van der Waals surface area contributed by atoms with Crippen molar-refractivity contribution in [3.8, 4) is 0 Å². The van der Waals surface area contributed by atoms with Crippen molar-refractivity contribution in [3.05, 3.63) is 52.0 Å². The molecule has 0 radical (unpaired) electrons. The molecule has 0 saturated heterocycles. The zero-order valence-corrected chi connectivity index (χ0v) is 11.7. The molecule has 2 heterocycles. The molecule has 106 valence electrons. The minimum absolute atomic E-state index is 0.267. The van der Waals surface area contributed by atoms with E-state index in [1.54, 1.807) is 26.0 Å². The smallest absolute Gasteiger partial charge is 0.345 e. The van der Waals surface area contributed by atoms with Gasteiger partial charge in [0.25, 0.3) is 0 Å². The molecule has 0 aliphatic rings. The highest BCUT2D eigenvalue weighted by atomic mass is 16.5. The van der Waals surface area contributed by atoms with Crippen LogP contribution in [0.5, 0.6) is 0 Å². The van der Waals surface area contributed by atoms with E-state index >= 15 is 0 Å². The predicted octanol–water partition coefficient (Wildman–Crippen LogP) is 2.83. The van der Waals surface area contributed by atoms with Crippen molar-refractivity contribution in [1.29, 1.82) is 0 Å². The molecule has 0 atom stereocenters. The number of ether oxygens (including phenoxy) is 1. The van der Waals surface area contributed by atoms with Crippen LogP contribution in [0.4, 0.5) is 0 Å². The van der Waals surface area contributed by atoms with Crippen LogP contribution in [0.3, 0.4) is 0 Å². The summed E-state index contributed by atoms with van der Waals surface area (Å²) in [6.07, 6.45) is 0. The van der Waals surface area contributed by atoms with E-state index in [-0.39, 0.29) is 17.6 Å². The van der Waals surface area contributed by atoms with Crippen LogP contribution in [-0.4, -0.2) is 17.6 Å². The molecule has 0 fully saturated rings. The molecule has 0 bridgehead atoms. The molecule has 0 aliphatic carbocycles. The Morgan fingerprint density at radius 2 is 2.05 bits per heavy atom. The summed E-state index contributed by atoms with van der Waals surface area (Å²) in [7, 11) is 0. The van der Waals surface area contributed by atoms with Gasteiger partial charge in [0.05, 0.1) is 28.8 Å². The summed E-state index contributed by atoms with van der Waals surface area (Å²) in [4.78, 5) is 28.4. The Morgan fingerprint density at radius 1 is 1.29 bits per heavy atom. The maximum atomic E-state index is 12.1. The molecule has 3 rings (SSSR count). The molecule has 0 amide bonds. The highest BCUT2D eigenvalue weighted by Gasteiger charge is 2.16. The lowest BCUT2D eigenvalue weighted by atomic mass is 10.1. The number of para-hydroxylation sites is 1. The average Bonchev–Trinajstić information content (AvgIpc) is 2.47. The van der Waals surface area contributed by atoms with Crippen LogP contribution >= 0.6 is 0 Å². The molecule has 3 aromatic rings. The lowest BCUT2D eigenvalue weighted by Gasteiger charge is -2.07. The molecular weight excluding hydrogens is 270 g/mol. The lowest BCUT2D eigenvalue weighted by molar-refractivity contribution is 0.0525. The molecular formula is C16H13NO4. The van der Waals surface area contributed by atoms with E-state index in [1.165, 1.54) is 6.07 Å². The Morgan fingerprint density at radius 3 is 2.81 bits per heavy atom. The van der Waals surface area contributed by atoms with Gasteiger partial charge in [-0.05, 0) is 32.0 Å². The summed E-state index contributed by atoms with van der Waals surface area (Å²) in [6.45, 7) is 3.71. The number of fused-ring (bicyclic) bond motifs is 3. The van der Waals surface area contributed by atoms with E-state index in [0.29, 0.717) is 16.8 Å². The lowest BCUT2D eigenvalue weighted by Crippen LogP contribution is -2.10. The van der Waals surface area contributed by atoms with Crippen molar-refractivity contribution in [2.45, 2.75) is 13.8 Å². The number of nitrogens with zero attached hydrogens (tertiary/aromatic N) is 1. The van der Waals surface area contributed by atoms with Crippen LogP contribution in [0.15, 0.2) is 39.5 Å². The Labute approximate surface area is 120 Å². The molecule has 0 N–H and O–H groups in total. The Kier molecular flexibility index (Phi) is 3.17. The molecule has 21 heavy (non-hydrogen) atoms. The van der Waals surface area contributed by atoms with E-state index in [1.807, 2.05) is 12.1 Å². The van der Waals surface area contributed by atoms with Crippen LogP contribution in [-0.2, 0) is 4.74 Å². The fourth-order valence-electron chi connectivity index (χ4n) is 2.29. The van der Waals surface area contributed by atoms with Gasteiger partial charge in [0, 0.05) is 5.39 Å². The largest absolute Gasteiger partial charge is 0.462 e. The Balaban J connectivity index is 2.37. The van der Waals surface area contributed by atoms with Crippen molar-refractivity contribution in [2.24, 2.45) is 0 Å². The third-order valence-electron chi connectivity index (χ3n) is 3.27. The summed E-state index contributed by atoms with van der Waals surface area (Å²) in [5.74, 6) is -0.489. The number of carbonyl (C=O) groups excluding carboxylic acids is 1. The van der Waals surface area contributed by atoms with Crippen molar-refractivity contribution in [1.82, 2.24) is 4.98 Å². The van der Waals surface area contributed by atoms with E-state index in [4.69, 9.17) is 9.15 Å². The first-order valence-corrected chi connectivity index (χ1v) is 6.62. The molecule has 0 unspecified atom stereocenters. The Hall–Kier alpha value is -2.69. The SMILES string of the molecule is CCOC(=O)c1cc2c(=O)oc3ccccc3c2nc1C. The number of aryl methyl sites for hydroxylation is 1. The van der Waals surface area contributed by atoms with Gasteiger partial charge in [0.15, 0.2) is 0 Å². The maximum absolute atomic E-state index is 12.1. The molecule has 1 aromatic carbocycles. The standard InChI is InChI=1S/C16H13NO4/c1-3-20-15(18)11-8-12-14(17-9(11)2)10-6-4-5-7-13(10)21-16(12)19/h4-8H,3H2,1-2H3. The molecule has 5 heteroatoms. The summed E-state index contributed by atoms with van der Waals surface area (Å²) in [5, 5.41) is 1.02. The fraction of sp³-hybridized carbons (Fsp3) is 0.188. The third-order valence-corrected chi connectivity index (χ3v) is 3.27. The zero-order chi connectivity index (χ0) is 15.0. The van der Waals surface area contributed by atoms with Gasteiger partial charge in [0.1, 0.15) is 5.58 Å². The fourth-order valence-corrected chi connectivity index (χ4v) is 2.29. The number of hydrogen-bond donors (Lipinski definition) is 0. The first-order chi connectivity index (χ1) is 10.1. The van der Waals surface area contributed by atoms with Crippen molar-refractivity contribution in [3.63, 3.8) is 0 Å². The highest BCUT2D eigenvalue weighted by molar-refractivity contribution is 6.04. The minimum atomic E-state index is -0.512. The third kappa shape index (κ3) is 2.16. The molecule has 0 saturated carbocycles. The maximum Gasteiger partial charge on any atom is 0.345 e. The van der Waals surface area contributed by atoms with E-state index < -0.39 is 11.6 Å². The summed E-state index contributed by atoms with van der Waals surface area (Å²) in [6, 6.07) is 8.67. The van der Waals surface area contributed by atoms with Crippen molar-refractivity contribution >= 4 is 27.8 Å². The van der Waals surface area contributed by atoms with Gasteiger partial charge in [-0.25, -0.2) is 9.59 Å². The van der Waals surface area contributed by atoms with Gasteiger partial charge < -0.3 is 9.15 Å². The van der Waals surface area contributed by atoms with Gasteiger partial charge in [-0.15, -0.1) is 0 Å². The predicted molar refractivity (Wildman–Crippen MR) is 78.5 cm³/mol. The van der Waals surface area contributed by atoms with Gasteiger partial charge in [-0.3, -0.25) is 4.98 Å². The van der Waals surface area contributed by atoms with Gasteiger partial charge in [-0.1, -0.05) is 12.1 Å². The topological polar surface area (TPSA) is 69.4 Å². The van der Waals surface area contributed by atoms with E-state index in [0.717, 1.165) is 5.39 Å². The second-order valence-electron chi connectivity index (χ2n) is 4.62. The number of carbonyl (C=O) groups is 1. The van der Waals surface area contributed by atoms with Crippen molar-refractivity contribution < 1.29 is 13.9 Å². The first kappa shape index (κ1) is 13.3. The number of benzene rings is 1. The quantitative estimate of drug-likeness (QED) is 0.411. The monoisotopic (exact) mass is 283 g/mol. The van der Waals surface area contributed by atoms with E-state index in [9.17, 15) is 9.59 Å². The number of hydrogen-bond acceptors (Lipinski definition) is 5. The minimum Gasteiger partial charge on any atom is -0.462 e. The molecule has 0 spiro atoms. The van der Waals surface area contributed by atoms with Crippen LogP contribution < -0.4 is 5.63 Å². The van der Waals surface area contributed by atoms with Gasteiger partial charge >= 0.3 is 11.6 Å². The highest BCUT2D eigenvalue weighted by Crippen LogP contribution is 2.23. The number of aromatic nitrogens is 1. The van der Waals surface area contributed by atoms with Crippen molar-refractivity contribution in [2.75, 3.05) is 6.61 Å². The van der Waals surface area contributed by atoms with E-state index in [2.05, 4.69) is 4.98 Å². The second kappa shape index (κ2) is 5.01. The molecule has 2 aromatic heterocycles. The Bertz CT molecular complexity index is 911. The number of esters is 1. The van der Waals surface area contributed by atoms with Crippen LogP contribution in [0, 0.1) is 6.92 Å². The first-order valence-electron chi connectivity index (χ1n) is 6.62. The summed E-state index contributed by atoms with van der Waals surface area (Å²) < 4.78 is 10.2. The summed E-state index contributed by atoms with van der Waals surface area (Å²) in [5.41, 5.74) is 1.31. The molecule has 5 nitrogen and oxygen atoms in total. The number of pyridine rings is 1. The van der Waals surface area contributed by atoms with Gasteiger partial charge in [-0.2, -0.15) is 0 Å². The second-order valence-corrected chi connectivity index (χ2v) is 4.62. The van der Waals surface area contributed by atoms with Crippen LogP contribution in [0.2, 0.25) is 0 Å². The van der Waals surface area contributed by atoms with Crippen LogP contribution in [0.1, 0.15) is 23.0 Å². The molecule has 0 aliphatic heterocycles. The van der Waals surface area contributed by atoms with Gasteiger partial charge in [0.2, 0.25) is 0 Å². The van der Waals surface area contributed by atoms with Crippen LogP contribution in [0.25, 0.3) is 21.9 Å². The normalized spacial score (nSPS) is 11.0. The summed E-state index contributed by atoms with van der Waals surface area (Å²) >= 11 is 0. The average molecular weight is 283 g/mol. The zero-order valence-electron chi connectivity index (χ0n) is 11.7. The number of rotatable bonds is 2.